The minimum Gasteiger partial charge on any atom is -0.350 e. The zero-order valence-corrected chi connectivity index (χ0v) is 13.3. The van der Waals surface area contributed by atoms with Gasteiger partial charge in [0.15, 0.2) is 0 Å². The highest BCUT2D eigenvalue weighted by Gasteiger charge is 2.21. The summed E-state index contributed by atoms with van der Waals surface area (Å²) in [5.41, 5.74) is 6.16. The van der Waals surface area contributed by atoms with Crippen molar-refractivity contribution >= 4 is 41.5 Å². The molecule has 1 amide bonds. The fraction of sp³-hybridized carbons (Fsp3) is 0.462. The second kappa shape index (κ2) is 7.95. The van der Waals surface area contributed by atoms with Crippen LogP contribution in [-0.4, -0.2) is 18.0 Å². The van der Waals surface area contributed by atoms with Crippen LogP contribution in [0, 0.1) is 0 Å². The maximum Gasteiger partial charge on any atom is 0.252 e. The summed E-state index contributed by atoms with van der Waals surface area (Å²) in [6.07, 6.45) is 1.61. The fourth-order valence-electron chi connectivity index (χ4n) is 1.53. The zero-order chi connectivity index (χ0) is 13.8. The molecule has 0 saturated heterocycles. The molecule has 0 aromatic heterocycles. The van der Waals surface area contributed by atoms with Crippen LogP contribution in [0.2, 0.25) is 10.0 Å². The third kappa shape index (κ3) is 5.19. The number of halogens is 3. The molecule has 0 aliphatic carbocycles. The van der Waals surface area contributed by atoms with E-state index in [0.29, 0.717) is 22.2 Å². The number of carbonyl (C=O) groups excluding carboxylic acids is 1. The summed E-state index contributed by atoms with van der Waals surface area (Å²) in [5, 5.41) is 3.66. The van der Waals surface area contributed by atoms with Crippen LogP contribution < -0.4 is 11.1 Å². The van der Waals surface area contributed by atoms with E-state index in [9.17, 15) is 4.79 Å². The van der Waals surface area contributed by atoms with Crippen LogP contribution >= 0.6 is 35.6 Å². The van der Waals surface area contributed by atoms with E-state index in [1.807, 2.05) is 13.8 Å². The molecule has 0 aliphatic heterocycles. The number of hydrogen-bond acceptors (Lipinski definition) is 2. The molecule has 0 aliphatic rings. The second-order valence-electron chi connectivity index (χ2n) is 4.38. The van der Waals surface area contributed by atoms with Crippen molar-refractivity contribution in [3.8, 4) is 0 Å². The Hall–Kier alpha value is -0.480. The van der Waals surface area contributed by atoms with Crippen LogP contribution in [-0.2, 0) is 0 Å². The predicted octanol–water partition coefficient (Wildman–Crippen LogP) is 3.66. The number of nitrogens with two attached hydrogens (primary N) is 1. The van der Waals surface area contributed by atoms with E-state index in [-0.39, 0.29) is 23.9 Å². The number of carbonyl (C=O) groups is 1. The van der Waals surface area contributed by atoms with Gasteiger partial charge in [0, 0.05) is 17.1 Å². The lowest BCUT2D eigenvalue weighted by Crippen LogP contribution is -2.49. The number of amides is 1. The van der Waals surface area contributed by atoms with Gasteiger partial charge in [-0.15, -0.1) is 12.4 Å². The highest BCUT2D eigenvalue weighted by molar-refractivity contribution is 6.36. The Morgan fingerprint density at radius 1 is 1.32 bits per heavy atom. The van der Waals surface area contributed by atoms with Gasteiger partial charge in [-0.25, -0.2) is 0 Å². The van der Waals surface area contributed by atoms with Gasteiger partial charge in [-0.05, 0) is 31.0 Å². The molecule has 19 heavy (non-hydrogen) atoms. The average molecular weight is 326 g/mol. The van der Waals surface area contributed by atoms with Gasteiger partial charge >= 0.3 is 0 Å². The van der Waals surface area contributed by atoms with Gasteiger partial charge in [-0.1, -0.05) is 37.0 Å². The highest BCUT2D eigenvalue weighted by atomic mass is 35.5. The molecular weight excluding hydrogens is 307 g/mol. The van der Waals surface area contributed by atoms with E-state index in [2.05, 4.69) is 5.32 Å². The van der Waals surface area contributed by atoms with Crippen molar-refractivity contribution in [1.82, 2.24) is 5.32 Å². The van der Waals surface area contributed by atoms with Gasteiger partial charge < -0.3 is 11.1 Å². The molecule has 0 spiro atoms. The zero-order valence-electron chi connectivity index (χ0n) is 11.0. The summed E-state index contributed by atoms with van der Waals surface area (Å²) < 4.78 is 0. The van der Waals surface area contributed by atoms with E-state index in [1.54, 1.807) is 18.2 Å². The Balaban J connectivity index is 0.00000324. The highest BCUT2D eigenvalue weighted by Crippen LogP contribution is 2.21. The summed E-state index contributed by atoms with van der Waals surface area (Å²) in [6, 6.07) is 4.79. The lowest BCUT2D eigenvalue weighted by molar-refractivity contribution is 0.0942. The van der Waals surface area contributed by atoms with E-state index < -0.39 is 0 Å². The third-order valence-corrected chi connectivity index (χ3v) is 3.73. The van der Waals surface area contributed by atoms with Crippen LogP contribution in [0.15, 0.2) is 18.2 Å². The summed E-state index contributed by atoms with van der Waals surface area (Å²) in [5.74, 6) is -0.228. The molecule has 3 N–H and O–H groups in total. The Labute approximate surface area is 130 Å². The van der Waals surface area contributed by atoms with Crippen molar-refractivity contribution in [2.75, 3.05) is 6.54 Å². The van der Waals surface area contributed by atoms with E-state index in [0.717, 1.165) is 12.8 Å². The molecule has 0 bridgehead atoms. The monoisotopic (exact) mass is 324 g/mol. The second-order valence-corrected chi connectivity index (χ2v) is 5.22. The maximum absolute atomic E-state index is 12.0. The summed E-state index contributed by atoms with van der Waals surface area (Å²) >= 11 is 11.7. The number of rotatable bonds is 5. The van der Waals surface area contributed by atoms with Crippen LogP contribution in [0.25, 0.3) is 0 Å². The number of nitrogens with one attached hydrogen (secondary N) is 1. The molecule has 0 saturated carbocycles. The molecule has 0 radical (unpaired) electrons. The van der Waals surface area contributed by atoms with Crippen LogP contribution in [0.3, 0.4) is 0 Å². The first kappa shape index (κ1) is 18.5. The van der Waals surface area contributed by atoms with Gasteiger partial charge in [-0.3, -0.25) is 4.79 Å². The largest absolute Gasteiger partial charge is 0.350 e. The molecule has 1 aromatic carbocycles. The Morgan fingerprint density at radius 2 is 1.89 bits per heavy atom. The molecule has 0 heterocycles. The third-order valence-electron chi connectivity index (χ3n) is 3.19. The molecule has 6 heteroatoms. The standard InChI is InChI=1S/C13H18Cl2N2O.ClH/c1-3-13(16,4-2)8-17-12(18)10-6-5-9(14)7-11(10)15;/h5-7H,3-4,8,16H2,1-2H3,(H,17,18);1H. The molecule has 1 rings (SSSR count). The molecule has 108 valence electrons. The fourth-order valence-corrected chi connectivity index (χ4v) is 2.02. The van der Waals surface area contributed by atoms with Crippen molar-refractivity contribution in [2.45, 2.75) is 32.2 Å². The van der Waals surface area contributed by atoms with Crippen LogP contribution in [0.1, 0.15) is 37.0 Å². The lowest BCUT2D eigenvalue weighted by atomic mass is 9.94. The Kier molecular flexibility index (Phi) is 7.75. The molecule has 0 fully saturated rings. The smallest absolute Gasteiger partial charge is 0.252 e. The Bertz CT molecular complexity index is 434. The summed E-state index contributed by atoms with van der Waals surface area (Å²) in [6.45, 7) is 4.44. The number of benzene rings is 1. The summed E-state index contributed by atoms with van der Waals surface area (Å²) in [7, 11) is 0. The van der Waals surface area contributed by atoms with E-state index in [1.165, 1.54) is 0 Å². The topological polar surface area (TPSA) is 55.1 Å². The maximum atomic E-state index is 12.0. The van der Waals surface area contributed by atoms with Crippen molar-refractivity contribution < 1.29 is 4.79 Å². The lowest BCUT2D eigenvalue weighted by Gasteiger charge is -2.26. The van der Waals surface area contributed by atoms with Crippen LogP contribution in [0.5, 0.6) is 0 Å². The quantitative estimate of drug-likeness (QED) is 0.868. The van der Waals surface area contributed by atoms with Gasteiger partial charge in [0.25, 0.3) is 5.91 Å². The van der Waals surface area contributed by atoms with Gasteiger partial charge in [0.05, 0.1) is 10.6 Å². The first-order chi connectivity index (χ1) is 8.41. The van der Waals surface area contributed by atoms with Crippen molar-refractivity contribution in [2.24, 2.45) is 5.73 Å². The summed E-state index contributed by atoms with van der Waals surface area (Å²) in [4.78, 5) is 12.0. The van der Waals surface area contributed by atoms with Crippen molar-refractivity contribution in [1.29, 1.82) is 0 Å². The Morgan fingerprint density at radius 3 is 2.37 bits per heavy atom. The average Bonchev–Trinajstić information content (AvgIpc) is 2.35. The molecular formula is C13H19Cl3N2O. The first-order valence-electron chi connectivity index (χ1n) is 5.94. The minimum atomic E-state index is -0.367. The molecule has 3 nitrogen and oxygen atoms in total. The molecule has 0 atom stereocenters. The van der Waals surface area contributed by atoms with Crippen LogP contribution in [0.4, 0.5) is 0 Å². The van der Waals surface area contributed by atoms with E-state index in [4.69, 9.17) is 28.9 Å². The van der Waals surface area contributed by atoms with E-state index >= 15 is 0 Å². The van der Waals surface area contributed by atoms with Gasteiger partial charge in [-0.2, -0.15) is 0 Å². The number of hydrogen-bond donors (Lipinski definition) is 2. The molecule has 0 unspecified atom stereocenters. The van der Waals surface area contributed by atoms with Crippen molar-refractivity contribution in [3.63, 3.8) is 0 Å². The minimum absolute atomic E-state index is 0. The SMILES string of the molecule is CCC(N)(CC)CNC(=O)c1ccc(Cl)cc1Cl.Cl. The molecule has 1 aromatic rings. The van der Waals surface area contributed by atoms with Gasteiger partial charge in [0.2, 0.25) is 0 Å². The van der Waals surface area contributed by atoms with Crippen molar-refractivity contribution in [3.05, 3.63) is 33.8 Å². The van der Waals surface area contributed by atoms with Gasteiger partial charge in [0.1, 0.15) is 0 Å². The predicted molar refractivity (Wildman–Crippen MR) is 83.5 cm³/mol. The normalized spacial score (nSPS) is 10.8. The first-order valence-corrected chi connectivity index (χ1v) is 6.69.